The minimum atomic E-state index is -0.660. The summed E-state index contributed by atoms with van der Waals surface area (Å²) in [5.74, 6) is 1.48. The summed E-state index contributed by atoms with van der Waals surface area (Å²) in [5.41, 5.74) is 9.76. The van der Waals surface area contributed by atoms with Gasteiger partial charge < -0.3 is 10.6 Å². The predicted molar refractivity (Wildman–Crippen MR) is 81.0 cm³/mol. The Bertz CT molecular complexity index is 646. The number of nitrogen functional groups attached to an aromatic ring is 1. The van der Waals surface area contributed by atoms with E-state index in [2.05, 4.69) is 16.0 Å². The molecular formula is C14H17N3OS. The van der Waals surface area contributed by atoms with Crippen molar-refractivity contribution < 1.29 is 4.21 Å². The molecular weight excluding hydrogens is 258 g/mol. The van der Waals surface area contributed by atoms with E-state index in [9.17, 15) is 4.21 Å². The van der Waals surface area contributed by atoms with Crippen molar-refractivity contribution in [1.82, 2.24) is 4.98 Å². The quantitative estimate of drug-likeness (QED) is 0.805. The summed E-state index contributed by atoms with van der Waals surface area (Å²) in [5, 5.41) is 1.08. The van der Waals surface area contributed by atoms with Crippen molar-refractivity contribution in [2.24, 2.45) is 0 Å². The first kappa shape index (κ1) is 12.4. The van der Waals surface area contributed by atoms with E-state index in [1.807, 2.05) is 25.1 Å². The van der Waals surface area contributed by atoms with Gasteiger partial charge in [0.05, 0.1) is 5.52 Å². The summed E-state index contributed by atoms with van der Waals surface area (Å²) in [6.45, 7) is 3.67. The van der Waals surface area contributed by atoms with Crippen LogP contribution < -0.4 is 10.6 Å². The minimum Gasteiger partial charge on any atom is -0.399 e. The van der Waals surface area contributed by atoms with Crippen molar-refractivity contribution in [3.05, 3.63) is 30.0 Å². The van der Waals surface area contributed by atoms with E-state index < -0.39 is 10.8 Å². The average molecular weight is 275 g/mol. The molecule has 1 saturated heterocycles. The second-order valence-electron chi connectivity index (χ2n) is 4.89. The summed E-state index contributed by atoms with van der Waals surface area (Å²) in [4.78, 5) is 6.83. The third-order valence-corrected chi connectivity index (χ3v) is 4.73. The van der Waals surface area contributed by atoms with Gasteiger partial charge in [0.25, 0.3) is 0 Å². The van der Waals surface area contributed by atoms with Crippen LogP contribution in [-0.2, 0) is 10.8 Å². The number of fused-ring (bicyclic) bond motifs is 1. The number of hydrogen-bond donors (Lipinski definition) is 1. The number of anilines is 2. The molecule has 1 aliphatic heterocycles. The Morgan fingerprint density at radius 1 is 1.26 bits per heavy atom. The smallest absolute Gasteiger partial charge is 0.0727 e. The lowest BCUT2D eigenvalue weighted by molar-refractivity contribution is 0.673. The molecule has 1 aromatic heterocycles. The molecule has 0 atom stereocenters. The summed E-state index contributed by atoms with van der Waals surface area (Å²) in [6, 6.07) is 7.91. The van der Waals surface area contributed by atoms with Gasteiger partial charge in [0.15, 0.2) is 0 Å². The van der Waals surface area contributed by atoms with E-state index >= 15 is 0 Å². The van der Waals surface area contributed by atoms with Crippen LogP contribution in [-0.4, -0.2) is 33.8 Å². The van der Waals surface area contributed by atoms with E-state index in [1.165, 1.54) is 0 Å². The topological polar surface area (TPSA) is 59.2 Å². The second-order valence-corrected chi connectivity index (χ2v) is 6.59. The SMILES string of the molecule is Cc1cc(N2CCS(=O)CC2)c2cc(N)ccc2n1. The van der Waals surface area contributed by atoms with Crippen LogP contribution in [0, 0.1) is 6.92 Å². The van der Waals surface area contributed by atoms with E-state index in [4.69, 9.17) is 5.73 Å². The number of hydrogen-bond acceptors (Lipinski definition) is 4. The number of benzene rings is 1. The largest absolute Gasteiger partial charge is 0.399 e. The van der Waals surface area contributed by atoms with E-state index in [1.54, 1.807) is 0 Å². The van der Waals surface area contributed by atoms with Gasteiger partial charge in [0.2, 0.25) is 0 Å². The molecule has 1 fully saturated rings. The van der Waals surface area contributed by atoms with Crippen LogP contribution in [0.2, 0.25) is 0 Å². The van der Waals surface area contributed by atoms with Gasteiger partial charge in [-0.2, -0.15) is 0 Å². The van der Waals surface area contributed by atoms with Crippen LogP contribution >= 0.6 is 0 Å². The Balaban J connectivity index is 2.11. The van der Waals surface area contributed by atoms with Crippen LogP contribution in [0.4, 0.5) is 11.4 Å². The number of nitrogens with zero attached hydrogens (tertiary/aromatic N) is 2. The normalized spacial score (nSPS) is 17.0. The molecule has 100 valence electrons. The molecule has 0 bridgehead atoms. The van der Waals surface area contributed by atoms with Gasteiger partial charge in [-0.25, -0.2) is 0 Å². The highest BCUT2D eigenvalue weighted by Crippen LogP contribution is 2.29. The summed E-state index contributed by atoms with van der Waals surface area (Å²) in [7, 11) is -0.660. The third kappa shape index (κ3) is 2.42. The maximum Gasteiger partial charge on any atom is 0.0727 e. The van der Waals surface area contributed by atoms with Crippen molar-refractivity contribution in [3.8, 4) is 0 Å². The average Bonchev–Trinajstić information content (AvgIpc) is 2.39. The molecule has 0 unspecified atom stereocenters. The number of aromatic nitrogens is 1. The fraction of sp³-hybridized carbons (Fsp3) is 0.357. The molecule has 0 aliphatic carbocycles. The van der Waals surface area contributed by atoms with Gasteiger partial charge in [-0.05, 0) is 31.2 Å². The van der Waals surface area contributed by atoms with E-state index in [0.29, 0.717) is 0 Å². The number of pyridine rings is 1. The van der Waals surface area contributed by atoms with Crippen molar-refractivity contribution in [2.45, 2.75) is 6.92 Å². The number of aryl methyl sites for hydroxylation is 1. The van der Waals surface area contributed by atoms with Gasteiger partial charge in [-0.3, -0.25) is 9.19 Å². The van der Waals surface area contributed by atoms with Crippen LogP contribution in [0.5, 0.6) is 0 Å². The lowest BCUT2D eigenvalue weighted by atomic mass is 10.1. The molecule has 0 saturated carbocycles. The maximum atomic E-state index is 11.5. The van der Waals surface area contributed by atoms with E-state index in [-0.39, 0.29) is 0 Å². The fourth-order valence-corrected chi connectivity index (χ4v) is 3.55. The molecule has 1 aliphatic rings. The number of rotatable bonds is 1. The Labute approximate surface area is 115 Å². The highest BCUT2D eigenvalue weighted by molar-refractivity contribution is 7.85. The predicted octanol–water partition coefficient (Wildman–Crippen LogP) is 1.69. The summed E-state index contributed by atoms with van der Waals surface area (Å²) in [6.07, 6.45) is 0. The van der Waals surface area contributed by atoms with Gasteiger partial charge in [-0.15, -0.1) is 0 Å². The molecule has 0 amide bonds. The van der Waals surface area contributed by atoms with Gasteiger partial charge in [0, 0.05) is 57.8 Å². The molecule has 19 heavy (non-hydrogen) atoms. The summed E-state index contributed by atoms with van der Waals surface area (Å²) < 4.78 is 11.5. The first-order valence-corrected chi connectivity index (χ1v) is 7.89. The lowest BCUT2D eigenvalue weighted by Crippen LogP contribution is -2.37. The van der Waals surface area contributed by atoms with E-state index in [0.717, 1.165) is 52.6 Å². The summed E-state index contributed by atoms with van der Waals surface area (Å²) >= 11 is 0. The first-order chi connectivity index (χ1) is 9.13. The van der Waals surface area contributed by atoms with Crippen molar-refractivity contribution >= 4 is 33.1 Å². The maximum absolute atomic E-state index is 11.5. The molecule has 2 N–H and O–H groups in total. The molecule has 2 aromatic rings. The van der Waals surface area contributed by atoms with Crippen LogP contribution in [0.25, 0.3) is 10.9 Å². The molecule has 0 spiro atoms. The van der Waals surface area contributed by atoms with Crippen LogP contribution in [0.15, 0.2) is 24.3 Å². The zero-order chi connectivity index (χ0) is 13.4. The molecule has 3 rings (SSSR count). The zero-order valence-corrected chi connectivity index (χ0v) is 11.7. The lowest BCUT2D eigenvalue weighted by Gasteiger charge is -2.29. The minimum absolute atomic E-state index is 0.660. The molecule has 5 heteroatoms. The van der Waals surface area contributed by atoms with Crippen molar-refractivity contribution in [3.63, 3.8) is 0 Å². The van der Waals surface area contributed by atoms with Crippen LogP contribution in [0.3, 0.4) is 0 Å². The van der Waals surface area contributed by atoms with Crippen LogP contribution in [0.1, 0.15) is 5.69 Å². The second kappa shape index (κ2) is 4.81. The third-order valence-electron chi connectivity index (χ3n) is 3.46. The van der Waals surface area contributed by atoms with Gasteiger partial charge in [0.1, 0.15) is 0 Å². The first-order valence-electron chi connectivity index (χ1n) is 6.40. The molecule has 1 aromatic carbocycles. The zero-order valence-electron chi connectivity index (χ0n) is 10.9. The van der Waals surface area contributed by atoms with Gasteiger partial charge in [-0.1, -0.05) is 0 Å². The highest BCUT2D eigenvalue weighted by Gasteiger charge is 2.18. The standard InChI is InChI=1S/C14H17N3OS/c1-10-8-14(17-4-6-19(18)7-5-17)12-9-11(15)2-3-13(12)16-10/h2-3,8-9H,4-7,15H2,1H3. The fourth-order valence-electron chi connectivity index (χ4n) is 2.49. The monoisotopic (exact) mass is 275 g/mol. The Morgan fingerprint density at radius 2 is 2.00 bits per heavy atom. The number of nitrogens with two attached hydrogens (primary N) is 1. The molecule has 2 heterocycles. The van der Waals surface area contributed by atoms with Gasteiger partial charge >= 0.3 is 0 Å². The molecule has 0 radical (unpaired) electrons. The molecule has 4 nitrogen and oxygen atoms in total. The Morgan fingerprint density at radius 3 is 2.74 bits per heavy atom. The highest BCUT2D eigenvalue weighted by atomic mass is 32.2. The van der Waals surface area contributed by atoms with Crippen molar-refractivity contribution in [2.75, 3.05) is 35.2 Å². The van der Waals surface area contributed by atoms with Crippen molar-refractivity contribution in [1.29, 1.82) is 0 Å². The Kier molecular flexibility index (Phi) is 3.14. The Hall–Kier alpha value is -1.62.